The van der Waals surface area contributed by atoms with Gasteiger partial charge in [-0.1, -0.05) is 29.8 Å². The van der Waals surface area contributed by atoms with Crippen molar-refractivity contribution in [3.05, 3.63) is 59.4 Å². The maximum atomic E-state index is 9.28. The number of halogens is 1. The van der Waals surface area contributed by atoms with Crippen LogP contribution in [0, 0.1) is 11.3 Å². The summed E-state index contributed by atoms with van der Waals surface area (Å²) in [5, 5.41) is 9.95. The van der Waals surface area contributed by atoms with Crippen LogP contribution in [0.15, 0.2) is 48.7 Å². The first-order chi connectivity index (χ1) is 8.79. The molecular weight excluding hydrogens is 246 g/mol. The van der Waals surface area contributed by atoms with Crippen molar-refractivity contribution < 1.29 is 0 Å². The average Bonchev–Trinajstić information content (AvgIpc) is 2.78. The lowest BCUT2D eigenvalue weighted by atomic mass is 10.1. The molecule has 0 aliphatic rings. The van der Waals surface area contributed by atoms with Gasteiger partial charge in [-0.3, -0.25) is 4.40 Å². The lowest BCUT2D eigenvalue weighted by Crippen LogP contribution is -1.87. The monoisotopic (exact) mass is 253 g/mol. The zero-order chi connectivity index (χ0) is 12.5. The number of hydrogen-bond acceptors (Lipinski definition) is 2. The lowest BCUT2D eigenvalue weighted by molar-refractivity contribution is 1.15. The fourth-order valence-electron chi connectivity index (χ4n) is 1.91. The Balaban J connectivity index is 2.29. The van der Waals surface area contributed by atoms with Crippen molar-refractivity contribution in [1.82, 2.24) is 9.38 Å². The first-order valence-electron chi connectivity index (χ1n) is 5.43. The summed E-state index contributed by atoms with van der Waals surface area (Å²) in [6, 6.07) is 15.2. The minimum atomic E-state index is 0.535. The molecule has 0 aliphatic heterocycles. The maximum absolute atomic E-state index is 9.28. The number of rotatable bonds is 1. The second kappa shape index (κ2) is 4.17. The highest BCUT2D eigenvalue weighted by atomic mass is 35.5. The Hall–Kier alpha value is -2.31. The second-order valence-corrected chi connectivity index (χ2v) is 4.29. The molecule has 1 aromatic carbocycles. The first kappa shape index (κ1) is 10.8. The van der Waals surface area contributed by atoms with Crippen molar-refractivity contribution in [2.45, 2.75) is 0 Å². The van der Waals surface area contributed by atoms with Gasteiger partial charge in [0.2, 0.25) is 0 Å². The molecule has 0 fully saturated rings. The van der Waals surface area contributed by atoms with E-state index in [1.807, 2.05) is 36.5 Å². The number of pyridine rings is 1. The van der Waals surface area contributed by atoms with Gasteiger partial charge in [-0.2, -0.15) is 5.26 Å². The van der Waals surface area contributed by atoms with Crippen molar-refractivity contribution in [3.8, 4) is 17.3 Å². The molecule has 0 atom stereocenters. The van der Waals surface area contributed by atoms with Crippen LogP contribution in [0.4, 0.5) is 0 Å². The molecule has 18 heavy (non-hydrogen) atoms. The number of nitrogens with zero attached hydrogens (tertiary/aromatic N) is 3. The summed E-state index contributed by atoms with van der Waals surface area (Å²) in [4.78, 5) is 4.48. The van der Waals surface area contributed by atoms with Gasteiger partial charge in [0.05, 0.1) is 0 Å². The van der Waals surface area contributed by atoms with E-state index in [4.69, 9.17) is 11.6 Å². The van der Waals surface area contributed by atoms with Gasteiger partial charge >= 0.3 is 0 Å². The van der Waals surface area contributed by atoms with Gasteiger partial charge in [-0.05, 0) is 24.3 Å². The molecule has 0 saturated carbocycles. The number of nitriles is 1. The summed E-state index contributed by atoms with van der Waals surface area (Å²) in [6.07, 6.45) is 1.83. The van der Waals surface area contributed by atoms with E-state index < -0.39 is 0 Å². The number of hydrogen-bond donors (Lipinski definition) is 0. The molecule has 4 heteroatoms. The summed E-state index contributed by atoms with van der Waals surface area (Å²) >= 11 is 5.86. The highest BCUT2D eigenvalue weighted by molar-refractivity contribution is 6.30. The van der Waals surface area contributed by atoms with Gasteiger partial charge < -0.3 is 0 Å². The van der Waals surface area contributed by atoms with E-state index in [9.17, 15) is 5.26 Å². The minimum absolute atomic E-state index is 0.535. The summed E-state index contributed by atoms with van der Waals surface area (Å²) in [6.45, 7) is 0. The number of benzene rings is 1. The zero-order valence-corrected chi connectivity index (χ0v) is 10.1. The zero-order valence-electron chi connectivity index (χ0n) is 9.34. The van der Waals surface area contributed by atoms with Crippen LogP contribution in [-0.4, -0.2) is 9.38 Å². The smallest absolute Gasteiger partial charge is 0.152 e. The van der Waals surface area contributed by atoms with Gasteiger partial charge in [-0.25, -0.2) is 4.98 Å². The largest absolute Gasteiger partial charge is 0.291 e. The molecule has 0 radical (unpaired) electrons. The van der Waals surface area contributed by atoms with Crippen LogP contribution in [0.2, 0.25) is 5.02 Å². The van der Waals surface area contributed by atoms with Crippen LogP contribution >= 0.6 is 11.6 Å². The van der Waals surface area contributed by atoms with E-state index in [2.05, 4.69) is 11.1 Å². The Labute approximate surface area is 109 Å². The topological polar surface area (TPSA) is 41.1 Å². The van der Waals surface area contributed by atoms with Gasteiger partial charge in [-0.15, -0.1) is 0 Å². The van der Waals surface area contributed by atoms with Crippen LogP contribution in [0.5, 0.6) is 0 Å². The van der Waals surface area contributed by atoms with Crippen LogP contribution in [0.3, 0.4) is 0 Å². The SMILES string of the molecule is N#Cc1c(-c2ccc(Cl)cc2)nc2ccccn12. The molecule has 3 nitrogen and oxygen atoms in total. The fourth-order valence-corrected chi connectivity index (χ4v) is 2.04. The summed E-state index contributed by atoms with van der Waals surface area (Å²) < 4.78 is 1.78. The molecule has 3 rings (SSSR count). The highest BCUT2D eigenvalue weighted by Crippen LogP contribution is 2.25. The Morgan fingerprint density at radius 1 is 1.11 bits per heavy atom. The molecule has 0 unspecified atom stereocenters. The maximum Gasteiger partial charge on any atom is 0.152 e. The van der Waals surface area contributed by atoms with Crippen molar-refractivity contribution in [2.75, 3.05) is 0 Å². The molecule has 2 heterocycles. The molecule has 0 aliphatic carbocycles. The number of aromatic nitrogens is 2. The molecule has 0 bridgehead atoms. The molecular formula is C14H8ClN3. The van der Waals surface area contributed by atoms with Crippen molar-refractivity contribution >= 4 is 17.2 Å². The van der Waals surface area contributed by atoms with Gasteiger partial charge in [0.15, 0.2) is 5.69 Å². The summed E-state index contributed by atoms with van der Waals surface area (Å²) in [5.41, 5.74) is 2.87. The molecule has 86 valence electrons. The molecule has 2 aromatic heterocycles. The van der Waals surface area contributed by atoms with Gasteiger partial charge in [0.1, 0.15) is 17.4 Å². The van der Waals surface area contributed by atoms with E-state index in [-0.39, 0.29) is 0 Å². The standard InChI is InChI=1S/C14H8ClN3/c15-11-6-4-10(5-7-11)14-12(9-16)18-8-2-1-3-13(18)17-14/h1-8H. The van der Waals surface area contributed by atoms with Crippen molar-refractivity contribution in [3.63, 3.8) is 0 Å². The Morgan fingerprint density at radius 3 is 2.61 bits per heavy atom. The molecule has 3 aromatic rings. The van der Waals surface area contributed by atoms with E-state index in [1.54, 1.807) is 16.5 Å². The molecule has 0 spiro atoms. The van der Waals surface area contributed by atoms with E-state index >= 15 is 0 Å². The summed E-state index contributed by atoms with van der Waals surface area (Å²) in [7, 11) is 0. The molecule has 0 saturated heterocycles. The number of imidazole rings is 1. The minimum Gasteiger partial charge on any atom is -0.291 e. The van der Waals surface area contributed by atoms with E-state index in [1.165, 1.54) is 0 Å². The third-order valence-corrected chi connectivity index (χ3v) is 3.01. The Bertz CT molecular complexity index is 751. The highest BCUT2D eigenvalue weighted by Gasteiger charge is 2.12. The second-order valence-electron chi connectivity index (χ2n) is 3.86. The third-order valence-electron chi connectivity index (χ3n) is 2.75. The Kier molecular flexibility index (Phi) is 2.51. The molecule has 0 amide bonds. The normalized spacial score (nSPS) is 10.4. The lowest BCUT2D eigenvalue weighted by Gasteiger charge is -1.97. The van der Waals surface area contributed by atoms with Gasteiger partial charge in [0, 0.05) is 16.8 Å². The predicted octanol–water partition coefficient (Wildman–Crippen LogP) is 3.53. The van der Waals surface area contributed by atoms with Crippen LogP contribution in [0.25, 0.3) is 16.9 Å². The van der Waals surface area contributed by atoms with Crippen molar-refractivity contribution in [1.29, 1.82) is 5.26 Å². The predicted molar refractivity (Wildman–Crippen MR) is 70.4 cm³/mol. The fraction of sp³-hybridized carbons (Fsp3) is 0. The third kappa shape index (κ3) is 1.64. The van der Waals surface area contributed by atoms with E-state index in [0.29, 0.717) is 16.4 Å². The quantitative estimate of drug-likeness (QED) is 0.666. The van der Waals surface area contributed by atoms with Crippen LogP contribution < -0.4 is 0 Å². The first-order valence-corrected chi connectivity index (χ1v) is 5.80. The Morgan fingerprint density at radius 2 is 1.89 bits per heavy atom. The average molecular weight is 254 g/mol. The molecule has 0 N–H and O–H groups in total. The van der Waals surface area contributed by atoms with E-state index in [0.717, 1.165) is 11.2 Å². The van der Waals surface area contributed by atoms with Crippen LogP contribution in [0.1, 0.15) is 5.69 Å². The number of fused-ring (bicyclic) bond motifs is 1. The van der Waals surface area contributed by atoms with Crippen molar-refractivity contribution in [2.24, 2.45) is 0 Å². The van der Waals surface area contributed by atoms with Crippen LogP contribution in [-0.2, 0) is 0 Å². The summed E-state index contributed by atoms with van der Waals surface area (Å²) in [5.74, 6) is 0. The van der Waals surface area contributed by atoms with Gasteiger partial charge in [0.25, 0.3) is 0 Å².